The van der Waals surface area contributed by atoms with Gasteiger partial charge in [-0.15, -0.1) is 0 Å². The van der Waals surface area contributed by atoms with E-state index in [0.717, 1.165) is 31.5 Å². The van der Waals surface area contributed by atoms with Gasteiger partial charge in [0.15, 0.2) is 0 Å². The van der Waals surface area contributed by atoms with Gasteiger partial charge in [0.1, 0.15) is 5.82 Å². The molecule has 1 heterocycles. The molecule has 2 N–H and O–H groups in total. The van der Waals surface area contributed by atoms with Gasteiger partial charge in [0.2, 0.25) is 0 Å². The average Bonchev–Trinajstić information content (AvgIpc) is 2.93. The summed E-state index contributed by atoms with van der Waals surface area (Å²) in [4.78, 5) is 0. The summed E-state index contributed by atoms with van der Waals surface area (Å²) in [6.45, 7) is 2.49. The Morgan fingerprint density at radius 2 is 2.05 bits per heavy atom. The largest absolute Gasteiger partial charge is 0.384 e. The van der Waals surface area contributed by atoms with Gasteiger partial charge in [-0.2, -0.15) is 0 Å². The fourth-order valence-electron chi connectivity index (χ4n) is 2.61. The fraction of sp³-hybridized carbons (Fsp3) is 0.294. The van der Waals surface area contributed by atoms with Gasteiger partial charge < -0.3 is 10.6 Å². The molecule has 2 aromatic carbocycles. The van der Waals surface area contributed by atoms with Crippen LogP contribution >= 0.6 is 0 Å². The zero-order valence-corrected chi connectivity index (χ0v) is 11.5. The lowest BCUT2D eigenvalue weighted by Gasteiger charge is -2.07. The first-order valence-electron chi connectivity index (χ1n) is 7.13. The first-order chi connectivity index (χ1) is 9.83. The molecular formula is C17H19FN2. The Kier molecular flexibility index (Phi) is 3.97. The molecule has 0 aromatic heterocycles. The van der Waals surface area contributed by atoms with Crippen LogP contribution in [0.25, 0.3) is 0 Å². The number of rotatable bonds is 5. The van der Waals surface area contributed by atoms with E-state index >= 15 is 0 Å². The third kappa shape index (κ3) is 2.99. The predicted molar refractivity (Wildman–Crippen MR) is 80.4 cm³/mol. The van der Waals surface area contributed by atoms with Crippen molar-refractivity contribution < 1.29 is 4.39 Å². The van der Waals surface area contributed by atoms with Gasteiger partial charge in [-0.1, -0.05) is 30.3 Å². The molecule has 2 aromatic rings. The highest BCUT2D eigenvalue weighted by Gasteiger charge is 2.09. The summed E-state index contributed by atoms with van der Waals surface area (Å²) in [6, 6.07) is 13.5. The number of anilines is 1. The summed E-state index contributed by atoms with van der Waals surface area (Å²) < 4.78 is 13.4. The standard InChI is InChI=1S/C17H19FN2/c18-16-4-2-1-3-15(16)12-19-9-7-13-5-6-17-14(11-13)8-10-20-17/h1-6,11,19-20H,7-10,12H2. The van der Waals surface area contributed by atoms with Crippen molar-refractivity contribution in [3.05, 3.63) is 65.0 Å². The lowest BCUT2D eigenvalue weighted by atomic mass is 10.1. The molecule has 1 aliphatic heterocycles. The number of hydrogen-bond donors (Lipinski definition) is 2. The minimum absolute atomic E-state index is 0.136. The fourth-order valence-corrected chi connectivity index (χ4v) is 2.61. The Morgan fingerprint density at radius 3 is 2.95 bits per heavy atom. The van der Waals surface area contributed by atoms with Crippen molar-refractivity contribution in [1.82, 2.24) is 5.32 Å². The number of fused-ring (bicyclic) bond motifs is 1. The van der Waals surface area contributed by atoms with Crippen LogP contribution in [0.2, 0.25) is 0 Å². The van der Waals surface area contributed by atoms with Crippen molar-refractivity contribution in [1.29, 1.82) is 0 Å². The predicted octanol–water partition coefficient (Wildman–Crippen LogP) is 3.13. The number of hydrogen-bond acceptors (Lipinski definition) is 2. The van der Waals surface area contributed by atoms with E-state index in [1.807, 2.05) is 12.1 Å². The first kappa shape index (κ1) is 13.1. The molecule has 0 atom stereocenters. The van der Waals surface area contributed by atoms with Crippen LogP contribution in [-0.2, 0) is 19.4 Å². The van der Waals surface area contributed by atoms with Crippen molar-refractivity contribution in [2.24, 2.45) is 0 Å². The molecule has 0 fully saturated rings. The summed E-state index contributed by atoms with van der Waals surface area (Å²) in [7, 11) is 0. The second kappa shape index (κ2) is 6.06. The highest BCUT2D eigenvalue weighted by molar-refractivity contribution is 5.56. The van der Waals surface area contributed by atoms with E-state index in [1.165, 1.54) is 22.9 Å². The third-order valence-electron chi connectivity index (χ3n) is 3.74. The van der Waals surface area contributed by atoms with Gasteiger partial charge in [0.25, 0.3) is 0 Å². The summed E-state index contributed by atoms with van der Waals surface area (Å²) in [6.07, 6.45) is 2.09. The average molecular weight is 270 g/mol. The van der Waals surface area contributed by atoms with Gasteiger partial charge in [-0.25, -0.2) is 4.39 Å². The molecule has 0 saturated heterocycles. The minimum Gasteiger partial charge on any atom is -0.384 e. The zero-order valence-electron chi connectivity index (χ0n) is 11.5. The highest BCUT2D eigenvalue weighted by atomic mass is 19.1. The molecule has 0 aliphatic carbocycles. The molecule has 3 heteroatoms. The normalized spacial score (nSPS) is 13.1. The minimum atomic E-state index is -0.136. The zero-order chi connectivity index (χ0) is 13.8. The molecule has 0 amide bonds. The summed E-state index contributed by atoms with van der Waals surface area (Å²) in [5.41, 5.74) is 4.75. The Labute approximate surface area is 119 Å². The maximum atomic E-state index is 13.4. The maximum absolute atomic E-state index is 13.4. The molecule has 0 bridgehead atoms. The maximum Gasteiger partial charge on any atom is 0.127 e. The van der Waals surface area contributed by atoms with Crippen LogP contribution in [-0.4, -0.2) is 13.1 Å². The molecule has 0 unspecified atom stereocenters. The molecule has 0 spiro atoms. The molecule has 2 nitrogen and oxygen atoms in total. The van der Waals surface area contributed by atoms with Crippen molar-refractivity contribution in [2.45, 2.75) is 19.4 Å². The highest BCUT2D eigenvalue weighted by Crippen LogP contribution is 2.23. The summed E-state index contributed by atoms with van der Waals surface area (Å²) >= 11 is 0. The Bertz CT molecular complexity index is 595. The molecular weight excluding hydrogens is 251 g/mol. The molecule has 0 radical (unpaired) electrons. The Balaban J connectivity index is 1.49. The number of benzene rings is 2. The van der Waals surface area contributed by atoms with Crippen LogP contribution in [0.1, 0.15) is 16.7 Å². The van der Waals surface area contributed by atoms with Crippen LogP contribution in [0, 0.1) is 5.82 Å². The van der Waals surface area contributed by atoms with Crippen LogP contribution < -0.4 is 10.6 Å². The van der Waals surface area contributed by atoms with E-state index in [0.29, 0.717) is 6.54 Å². The van der Waals surface area contributed by atoms with Gasteiger partial charge >= 0.3 is 0 Å². The first-order valence-corrected chi connectivity index (χ1v) is 7.13. The van der Waals surface area contributed by atoms with Crippen molar-refractivity contribution in [3.8, 4) is 0 Å². The van der Waals surface area contributed by atoms with E-state index in [1.54, 1.807) is 6.07 Å². The molecule has 20 heavy (non-hydrogen) atoms. The SMILES string of the molecule is Fc1ccccc1CNCCc1ccc2c(c1)CCN2. The summed E-state index contributed by atoms with van der Waals surface area (Å²) in [5.74, 6) is -0.136. The van der Waals surface area contributed by atoms with Crippen molar-refractivity contribution in [2.75, 3.05) is 18.4 Å². The molecule has 3 rings (SSSR count). The Hall–Kier alpha value is -1.87. The Morgan fingerprint density at radius 1 is 1.15 bits per heavy atom. The monoisotopic (exact) mass is 270 g/mol. The van der Waals surface area contributed by atoms with Gasteiger partial charge in [-0.05, 0) is 42.6 Å². The van der Waals surface area contributed by atoms with E-state index in [4.69, 9.17) is 0 Å². The third-order valence-corrected chi connectivity index (χ3v) is 3.74. The van der Waals surface area contributed by atoms with Gasteiger partial charge in [0, 0.05) is 24.3 Å². The topological polar surface area (TPSA) is 24.1 Å². The van der Waals surface area contributed by atoms with E-state index in [-0.39, 0.29) is 5.82 Å². The second-order valence-electron chi connectivity index (χ2n) is 5.19. The number of nitrogens with one attached hydrogen (secondary N) is 2. The van der Waals surface area contributed by atoms with E-state index in [2.05, 4.69) is 28.8 Å². The second-order valence-corrected chi connectivity index (χ2v) is 5.19. The van der Waals surface area contributed by atoms with Gasteiger partial charge in [-0.3, -0.25) is 0 Å². The van der Waals surface area contributed by atoms with E-state index < -0.39 is 0 Å². The summed E-state index contributed by atoms with van der Waals surface area (Å²) in [5, 5.41) is 6.67. The van der Waals surface area contributed by atoms with Gasteiger partial charge in [0.05, 0.1) is 0 Å². The molecule has 104 valence electrons. The van der Waals surface area contributed by atoms with E-state index in [9.17, 15) is 4.39 Å². The lowest BCUT2D eigenvalue weighted by Crippen LogP contribution is -2.17. The smallest absolute Gasteiger partial charge is 0.127 e. The van der Waals surface area contributed by atoms with Crippen LogP contribution in [0.4, 0.5) is 10.1 Å². The number of halogens is 1. The molecule has 0 saturated carbocycles. The van der Waals surface area contributed by atoms with Crippen molar-refractivity contribution in [3.63, 3.8) is 0 Å². The van der Waals surface area contributed by atoms with Crippen molar-refractivity contribution >= 4 is 5.69 Å². The lowest BCUT2D eigenvalue weighted by molar-refractivity contribution is 0.588. The van der Waals surface area contributed by atoms with Crippen LogP contribution in [0.15, 0.2) is 42.5 Å². The van der Waals surface area contributed by atoms with Crippen LogP contribution in [0.5, 0.6) is 0 Å². The van der Waals surface area contributed by atoms with Crippen LogP contribution in [0.3, 0.4) is 0 Å². The quantitative estimate of drug-likeness (QED) is 0.816. The molecule has 1 aliphatic rings.